The lowest BCUT2D eigenvalue weighted by atomic mass is 9.73. The van der Waals surface area contributed by atoms with Gasteiger partial charge in [-0.1, -0.05) is 0 Å². The highest BCUT2D eigenvalue weighted by molar-refractivity contribution is 5.68. The molecule has 1 N–H and O–H groups in total. The number of fused-ring (bicyclic) bond motifs is 2. The second kappa shape index (κ2) is 2.86. The highest BCUT2D eigenvalue weighted by Crippen LogP contribution is 2.41. The van der Waals surface area contributed by atoms with Crippen LogP contribution in [0.2, 0.25) is 0 Å². The molecule has 0 aromatic heterocycles. The quantitative estimate of drug-likeness (QED) is 0.616. The lowest BCUT2D eigenvalue weighted by Gasteiger charge is -2.53. The number of nitrogens with zero attached hydrogens (tertiary/aromatic N) is 1. The summed E-state index contributed by atoms with van der Waals surface area (Å²) in [5, 5.41) is 2.73. The summed E-state index contributed by atoms with van der Waals surface area (Å²) in [6.07, 6.45) is 3.17. The van der Waals surface area contributed by atoms with Crippen molar-refractivity contribution in [1.29, 1.82) is 0 Å². The second-order valence-electron chi connectivity index (χ2n) is 4.68. The summed E-state index contributed by atoms with van der Waals surface area (Å²) in [6, 6.07) is 0. The van der Waals surface area contributed by atoms with Crippen LogP contribution in [0.15, 0.2) is 0 Å². The molecule has 0 aromatic rings. The molecule has 0 saturated carbocycles. The maximum absolute atomic E-state index is 11.3. The van der Waals surface area contributed by atoms with Gasteiger partial charge in [0.2, 0.25) is 0 Å². The number of piperidine rings is 3. The molecule has 4 nitrogen and oxygen atoms in total. The lowest BCUT2D eigenvalue weighted by Crippen LogP contribution is -2.64. The molecule has 4 rings (SSSR count). The summed E-state index contributed by atoms with van der Waals surface area (Å²) in [5.41, 5.74) is -0.140. The fourth-order valence-corrected chi connectivity index (χ4v) is 3.17. The zero-order chi connectivity index (χ0) is 9.60. The van der Waals surface area contributed by atoms with Crippen LogP contribution in [0.5, 0.6) is 0 Å². The van der Waals surface area contributed by atoms with Crippen molar-refractivity contribution in [3.8, 4) is 0 Å². The van der Waals surface area contributed by atoms with Crippen molar-refractivity contribution in [2.45, 2.75) is 24.9 Å². The SMILES string of the molecule is O=C1NCC[C@@]2(CN3CCC2CC3)O1. The zero-order valence-corrected chi connectivity index (χ0v) is 8.29. The summed E-state index contributed by atoms with van der Waals surface area (Å²) >= 11 is 0. The molecule has 0 aliphatic carbocycles. The largest absolute Gasteiger partial charge is 0.441 e. The van der Waals surface area contributed by atoms with Gasteiger partial charge in [-0.2, -0.15) is 0 Å². The van der Waals surface area contributed by atoms with E-state index in [1.807, 2.05) is 0 Å². The van der Waals surface area contributed by atoms with E-state index in [2.05, 4.69) is 10.2 Å². The van der Waals surface area contributed by atoms with Gasteiger partial charge in [-0.15, -0.1) is 0 Å². The molecule has 4 aliphatic rings. The first kappa shape index (κ1) is 8.53. The highest BCUT2D eigenvalue weighted by Gasteiger charge is 2.50. The lowest BCUT2D eigenvalue weighted by molar-refractivity contribution is -0.128. The first-order valence-corrected chi connectivity index (χ1v) is 5.48. The topological polar surface area (TPSA) is 41.6 Å². The van der Waals surface area contributed by atoms with Gasteiger partial charge in [-0.05, 0) is 25.9 Å². The Morgan fingerprint density at radius 2 is 2.21 bits per heavy atom. The van der Waals surface area contributed by atoms with Crippen LogP contribution in [-0.2, 0) is 4.74 Å². The van der Waals surface area contributed by atoms with E-state index in [-0.39, 0.29) is 11.7 Å². The van der Waals surface area contributed by atoms with Crippen molar-refractivity contribution in [2.75, 3.05) is 26.2 Å². The van der Waals surface area contributed by atoms with E-state index in [0.717, 1.165) is 19.5 Å². The number of carbonyl (C=O) groups is 1. The maximum Gasteiger partial charge on any atom is 0.407 e. The summed E-state index contributed by atoms with van der Waals surface area (Å²) in [5.74, 6) is 0.610. The smallest absolute Gasteiger partial charge is 0.407 e. The molecule has 2 bridgehead atoms. The van der Waals surface area contributed by atoms with E-state index in [4.69, 9.17) is 4.74 Å². The molecule has 14 heavy (non-hydrogen) atoms. The van der Waals surface area contributed by atoms with Crippen LogP contribution in [0.25, 0.3) is 0 Å². The number of hydrogen-bond acceptors (Lipinski definition) is 3. The number of amides is 1. The fraction of sp³-hybridized carbons (Fsp3) is 0.900. The summed E-state index contributed by atoms with van der Waals surface area (Å²) in [6.45, 7) is 4.13. The minimum atomic E-state index is -0.218. The summed E-state index contributed by atoms with van der Waals surface area (Å²) in [4.78, 5) is 13.7. The number of hydrogen-bond donors (Lipinski definition) is 1. The first-order valence-electron chi connectivity index (χ1n) is 5.48. The standard InChI is InChI=1S/C10H16N2O2/c13-9-11-4-3-10(14-9)7-12-5-1-8(10)2-6-12/h8H,1-7H2,(H,11,13)/t10-/m0/s1. The third kappa shape index (κ3) is 1.13. The van der Waals surface area contributed by atoms with Gasteiger partial charge in [-0.25, -0.2) is 4.79 Å². The number of nitrogens with one attached hydrogen (secondary N) is 1. The van der Waals surface area contributed by atoms with E-state index < -0.39 is 0 Å². The highest BCUT2D eigenvalue weighted by atomic mass is 16.6. The summed E-state index contributed by atoms with van der Waals surface area (Å²) in [7, 11) is 0. The van der Waals surface area contributed by atoms with Gasteiger partial charge in [0.1, 0.15) is 5.60 Å². The van der Waals surface area contributed by atoms with Crippen molar-refractivity contribution < 1.29 is 9.53 Å². The van der Waals surface area contributed by atoms with Crippen LogP contribution in [0.3, 0.4) is 0 Å². The molecular formula is C10H16N2O2. The number of rotatable bonds is 0. The van der Waals surface area contributed by atoms with Crippen LogP contribution in [0.4, 0.5) is 4.79 Å². The molecule has 1 amide bonds. The molecule has 4 heteroatoms. The van der Waals surface area contributed by atoms with Crippen LogP contribution in [0.1, 0.15) is 19.3 Å². The predicted octanol–water partition coefficient (Wildman–Crippen LogP) is 0.581. The zero-order valence-electron chi connectivity index (χ0n) is 8.29. The molecule has 0 unspecified atom stereocenters. The third-order valence-electron chi connectivity index (χ3n) is 3.94. The van der Waals surface area contributed by atoms with E-state index in [1.54, 1.807) is 0 Å². The number of carbonyl (C=O) groups excluding carboxylic acids is 1. The number of ether oxygens (including phenoxy) is 1. The van der Waals surface area contributed by atoms with Crippen LogP contribution >= 0.6 is 0 Å². The molecule has 78 valence electrons. The van der Waals surface area contributed by atoms with Gasteiger partial charge >= 0.3 is 6.09 Å². The fourth-order valence-electron chi connectivity index (χ4n) is 3.17. The molecule has 4 heterocycles. The number of alkyl carbamates (subject to hydrolysis) is 1. The van der Waals surface area contributed by atoms with Gasteiger partial charge in [-0.3, -0.25) is 4.90 Å². The van der Waals surface area contributed by atoms with E-state index in [0.29, 0.717) is 5.92 Å². The monoisotopic (exact) mass is 196 g/mol. The van der Waals surface area contributed by atoms with Crippen molar-refractivity contribution in [3.05, 3.63) is 0 Å². The first-order chi connectivity index (χ1) is 6.78. The Morgan fingerprint density at radius 1 is 1.43 bits per heavy atom. The van der Waals surface area contributed by atoms with Gasteiger partial charge in [0, 0.05) is 25.4 Å². The van der Waals surface area contributed by atoms with Crippen molar-refractivity contribution >= 4 is 6.09 Å². The molecule has 1 atom stereocenters. The van der Waals surface area contributed by atoms with Crippen molar-refractivity contribution in [3.63, 3.8) is 0 Å². The normalized spacial score (nSPS) is 46.1. The molecule has 4 aliphatic heterocycles. The Kier molecular flexibility index (Phi) is 1.74. The van der Waals surface area contributed by atoms with Gasteiger partial charge < -0.3 is 10.1 Å². The van der Waals surface area contributed by atoms with Crippen LogP contribution in [0, 0.1) is 5.92 Å². The molecule has 1 spiro atoms. The maximum atomic E-state index is 11.3. The summed E-state index contributed by atoms with van der Waals surface area (Å²) < 4.78 is 5.56. The van der Waals surface area contributed by atoms with Gasteiger partial charge in [0.25, 0.3) is 0 Å². The Hall–Kier alpha value is -0.770. The molecule has 0 aromatic carbocycles. The Morgan fingerprint density at radius 3 is 2.79 bits per heavy atom. The Balaban J connectivity index is 1.84. The predicted molar refractivity (Wildman–Crippen MR) is 51.0 cm³/mol. The average molecular weight is 196 g/mol. The minimum Gasteiger partial charge on any atom is -0.441 e. The Labute approximate surface area is 83.6 Å². The van der Waals surface area contributed by atoms with Gasteiger partial charge in [0.15, 0.2) is 0 Å². The molecular weight excluding hydrogens is 180 g/mol. The minimum absolute atomic E-state index is 0.140. The van der Waals surface area contributed by atoms with E-state index >= 15 is 0 Å². The van der Waals surface area contributed by atoms with Crippen molar-refractivity contribution in [2.24, 2.45) is 5.92 Å². The van der Waals surface area contributed by atoms with Crippen molar-refractivity contribution in [1.82, 2.24) is 10.2 Å². The molecule has 4 saturated heterocycles. The van der Waals surface area contributed by atoms with Gasteiger partial charge in [0.05, 0.1) is 0 Å². The van der Waals surface area contributed by atoms with E-state index in [9.17, 15) is 4.79 Å². The third-order valence-corrected chi connectivity index (χ3v) is 3.94. The molecule has 4 fully saturated rings. The Bertz CT molecular complexity index is 261. The molecule has 0 radical (unpaired) electrons. The van der Waals surface area contributed by atoms with Crippen LogP contribution in [-0.4, -0.2) is 42.8 Å². The average Bonchev–Trinajstić information content (AvgIpc) is 2.18. The van der Waals surface area contributed by atoms with Crippen LogP contribution < -0.4 is 5.32 Å². The van der Waals surface area contributed by atoms with E-state index in [1.165, 1.54) is 25.9 Å². The second-order valence-corrected chi connectivity index (χ2v) is 4.68.